The molecule has 0 saturated carbocycles. The van der Waals surface area contributed by atoms with Gasteiger partial charge in [0.2, 0.25) is 0 Å². The van der Waals surface area contributed by atoms with E-state index in [9.17, 15) is 0 Å². The van der Waals surface area contributed by atoms with Gasteiger partial charge in [-0.3, -0.25) is 0 Å². The van der Waals surface area contributed by atoms with Crippen molar-refractivity contribution >= 4 is 38.6 Å². The van der Waals surface area contributed by atoms with Gasteiger partial charge in [0.05, 0.1) is 5.69 Å². The Hall–Kier alpha value is -7.48. The fourth-order valence-corrected chi connectivity index (χ4v) is 10.00. The maximum Gasteiger partial charge on any atom is 0.0546 e. The van der Waals surface area contributed by atoms with Crippen LogP contribution < -0.4 is 4.90 Å². The highest BCUT2D eigenvalue weighted by Gasteiger charge is 2.43. The summed E-state index contributed by atoms with van der Waals surface area (Å²) >= 11 is 0. The molecule has 0 amide bonds. The number of anilines is 3. The Morgan fingerprint density at radius 2 is 0.905 bits per heavy atom. The van der Waals surface area contributed by atoms with Gasteiger partial charge in [-0.2, -0.15) is 0 Å². The molecule has 11 rings (SSSR count). The zero-order chi connectivity index (χ0) is 42.7. The quantitative estimate of drug-likeness (QED) is 0.155. The van der Waals surface area contributed by atoms with E-state index in [4.69, 9.17) is 0 Å². The first-order chi connectivity index (χ1) is 30.7. The van der Waals surface area contributed by atoms with Crippen molar-refractivity contribution in [3.05, 3.63) is 247 Å². The van der Waals surface area contributed by atoms with Crippen LogP contribution in [-0.2, 0) is 10.8 Å². The summed E-state index contributed by atoms with van der Waals surface area (Å²) in [5.74, 6) is 0. The summed E-state index contributed by atoms with van der Waals surface area (Å²) in [6, 6.07) is 83.1. The minimum atomic E-state index is -0.336. The van der Waals surface area contributed by atoms with Crippen LogP contribution in [0.3, 0.4) is 0 Å². The van der Waals surface area contributed by atoms with Crippen LogP contribution >= 0.6 is 0 Å². The van der Waals surface area contributed by atoms with Crippen molar-refractivity contribution in [2.75, 3.05) is 4.90 Å². The second-order valence-corrected chi connectivity index (χ2v) is 18.3. The van der Waals surface area contributed by atoms with Gasteiger partial charge in [0.15, 0.2) is 0 Å². The first-order valence-corrected chi connectivity index (χ1v) is 22.2. The Kier molecular flexibility index (Phi) is 9.25. The number of hydrogen-bond acceptors (Lipinski definition) is 1. The lowest BCUT2D eigenvalue weighted by Crippen LogP contribution is -2.24. The molecular weight excluding hydrogens is 759 g/mol. The molecule has 1 atom stereocenters. The first-order valence-electron chi connectivity index (χ1n) is 22.2. The van der Waals surface area contributed by atoms with Crippen LogP contribution in [0.1, 0.15) is 49.9 Å². The molecule has 0 bridgehead atoms. The fourth-order valence-electron chi connectivity index (χ4n) is 10.00. The Labute approximate surface area is 371 Å². The van der Waals surface area contributed by atoms with Gasteiger partial charge in [-0.15, -0.1) is 0 Å². The van der Waals surface area contributed by atoms with Crippen molar-refractivity contribution in [1.29, 1.82) is 0 Å². The van der Waals surface area contributed by atoms with Crippen LogP contribution in [0.15, 0.2) is 224 Å². The van der Waals surface area contributed by atoms with Crippen LogP contribution in [0.2, 0.25) is 0 Å². The highest BCUT2D eigenvalue weighted by atomic mass is 15.1. The summed E-state index contributed by atoms with van der Waals surface area (Å²) in [6.45, 7) is 9.43. The molecule has 0 spiro atoms. The van der Waals surface area contributed by atoms with Crippen LogP contribution in [-0.4, -0.2) is 0 Å². The normalized spacial score (nSPS) is 14.4. The van der Waals surface area contributed by atoms with Crippen molar-refractivity contribution in [1.82, 2.24) is 0 Å². The smallest absolute Gasteiger partial charge is 0.0546 e. The first kappa shape index (κ1) is 38.4. The van der Waals surface area contributed by atoms with Gasteiger partial charge in [0.25, 0.3) is 0 Å². The minimum Gasteiger partial charge on any atom is -0.310 e. The molecule has 0 aliphatic heterocycles. The lowest BCUT2D eigenvalue weighted by molar-refractivity contribution is 0.587. The lowest BCUT2D eigenvalue weighted by Gasteiger charge is -2.33. The number of benzene rings is 10. The van der Waals surface area contributed by atoms with Gasteiger partial charge in [0.1, 0.15) is 0 Å². The molecule has 0 aromatic heterocycles. The van der Waals surface area contributed by atoms with Crippen molar-refractivity contribution in [2.24, 2.45) is 0 Å². The molecule has 0 fully saturated rings. The van der Waals surface area contributed by atoms with Crippen molar-refractivity contribution in [2.45, 2.75) is 38.5 Å². The number of hydrogen-bond donors (Lipinski definition) is 0. The summed E-state index contributed by atoms with van der Waals surface area (Å²) in [7, 11) is 0. The maximum atomic E-state index is 2.50. The van der Waals surface area contributed by atoms with Crippen LogP contribution in [0.5, 0.6) is 0 Å². The molecule has 0 N–H and O–H groups in total. The highest BCUT2D eigenvalue weighted by Crippen LogP contribution is 2.58. The van der Waals surface area contributed by atoms with E-state index in [1.807, 2.05) is 0 Å². The van der Waals surface area contributed by atoms with E-state index in [0.717, 1.165) is 11.4 Å². The number of fused-ring (bicyclic) bond motifs is 5. The highest BCUT2D eigenvalue weighted by molar-refractivity contribution is 5.98. The molecular formula is C62H49N. The van der Waals surface area contributed by atoms with Crippen LogP contribution in [0, 0.1) is 0 Å². The molecule has 10 aromatic carbocycles. The standard InChI is InChI=1S/C62H49N/c1-61(2,3)51-40-58-60(56-22-12-13-24-57(56)62(58,4)50-19-6-5-7-20-50)59(41-51)63(53-37-33-45(34-38-53)49-30-27-42-15-8-9-17-48(42)39-49)52-35-31-44(32-36-52)43-25-28-47(29-26-43)55-23-14-18-46-16-10-11-21-54(46)55/h5-41H,1-4H3. The van der Waals surface area contributed by atoms with E-state index in [1.165, 1.54) is 94.0 Å². The molecule has 0 heterocycles. The largest absolute Gasteiger partial charge is 0.310 e. The predicted molar refractivity (Wildman–Crippen MR) is 269 cm³/mol. The Morgan fingerprint density at radius 1 is 0.381 bits per heavy atom. The van der Waals surface area contributed by atoms with Gasteiger partial charge in [-0.1, -0.05) is 209 Å². The molecule has 1 unspecified atom stereocenters. The minimum absolute atomic E-state index is 0.0934. The molecule has 302 valence electrons. The van der Waals surface area contributed by atoms with E-state index in [1.54, 1.807) is 0 Å². The molecule has 0 radical (unpaired) electrons. The summed E-state index contributed by atoms with van der Waals surface area (Å²) in [6.07, 6.45) is 0. The lowest BCUT2D eigenvalue weighted by atomic mass is 9.72. The molecule has 0 saturated heterocycles. The van der Waals surface area contributed by atoms with E-state index in [-0.39, 0.29) is 10.8 Å². The van der Waals surface area contributed by atoms with Gasteiger partial charge in [0, 0.05) is 22.4 Å². The van der Waals surface area contributed by atoms with E-state index < -0.39 is 0 Å². The zero-order valence-corrected chi connectivity index (χ0v) is 36.3. The van der Waals surface area contributed by atoms with E-state index in [2.05, 4.69) is 257 Å². The summed E-state index contributed by atoms with van der Waals surface area (Å²) < 4.78 is 0. The summed E-state index contributed by atoms with van der Waals surface area (Å²) in [5, 5.41) is 5.04. The third-order valence-electron chi connectivity index (χ3n) is 13.5. The molecule has 1 heteroatoms. The monoisotopic (exact) mass is 807 g/mol. The molecule has 10 aromatic rings. The van der Waals surface area contributed by atoms with E-state index in [0.29, 0.717) is 0 Å². The van der Waals surface area contributed by atoms with Gasteiger partial charge in [-0.25, -0.2) is 0 Å². The number of nitrogens with zero attached hydrogens (tertiary/aromatic N) is 1. The van der Waals surface area contributed by atoms with E-state index >= 15 is 0 Å². The molecule has 63 heavy (non-hydrogen) atoms. The van der Waals surface area contributed by atoms with Gasteiger partial charge < -0.3 is 4.90 Å². The predicted octanol–water partition coefficient (Wildman–Crippen LogP) is 17.1. The van der Waals surface area contributed by atoms with Crippen LogP contribution in [0.4, 0.5) is 17.1 Å². The third-order valence-corrected chi connectivity index (χ3v) is 13.5. The van der Waals surface area contributed by atoms with Crippen molar-refractivity contribution in [3.63, 3.8) is 0 Å². The van der Waals surface area contributed by atoms with Crippen molar-refractivity contribution < 1.29 is 0 Å². The van der Waals surface area contributed by atoms with Crippen LogP contribution in [0.25, 0.3) is 66.1 Å². The fraction of sp³-hybridized carbons (Fsp3) is 0.0968. The average molecular weight is 808 g/mol. The van der Waals surface area contributed by atoms with Gasteiger partial charge >= 0.3 is 0 Å². The molecule has 1 aliphatic rings. The summed E-state index contributed by atoms with van der Waals surface area (Å²) in [5.41, 5.74) is 18.1. The maximum absolute atomic E-state index is 2.50. The zero-order valence-electron chi connectivity index (χ0n) is 36.3. The molecule has 1 nitrogen and oxygen atoms in total. The Morgan fingerprint density at radius 3 is 1.60 bits per heavy atom. The van der Waals surface area contributed by atoms with Gasteiger partial charge in [-0.05, 0) is 131 Å². The second-order valence-electron chi connectivity index (χ2n) is 18.3. The van der Waals surface area contributed by atoms with Crippen molar-refractivity contribution in [3.8, 4) is 44.5 Å². The topological polar surface area (TPSA) is 3.24 Å². The molecule has 1 aliphatic carbocycles. The number of rotatable bonds is 7. The average Bonchev–Trinajstić information content (AvgIpc) is 3.60. The SMILES string of the molecule is CC(C)(C)c1cc(N(c2ccc(-c3ccc(-c4cccc5ccccc45)cc3)cc2)c2ccc(-c3ccc4ccccc4c3)cc2)c2c(c1)C(C)(c1ccccc1)c1ccccc1-2. The second kappa shape index (κ2) is 15.2. The summed E-state index contributed by atoms with van der Waals surface area (Å²) in [4.78, 5) is 2.50. The Balaban J connectivity index is 1.07. The Bertz CT molecular complexity index is 3290. The third kappa shape index (κ3) is 6.64.